The number of fused-ring (bicyclic) bond motifs is 2. The predicted octanol–water partition coefficient (Wildman–Crippen LogP) is 4.92. The Kier molecular flexibility index (Phi) is 3.28. The molecule has 114 valence electrons. The molecule has 4 atom stereocenters. The highest BCUT2D eigenvalue weighted by Crippen LogP contribution is 2.46. The Hall–Kier alpha value is -1.70. The largest absolute Gasteiger partial charge is 0.264 e. The van der Waals surface area contributed by atoms with Crippen LogP contribution in [0.2, 0.25) is 0 Å². The first-order chi connectivity index (χ1) is 10.6. The van der Waals surface area contributed by atoms with E-state index < -0.39 is 0 Å². The molecule has 2 heteroatoms. The lowest BCUT2D eigenvalue weighted by Crippen LogP contribution is -2.05. The summed E-state index contributed by atoms with van der Waals surface area (Å²) in [5, 5.41) is 0. The first kappa shape index (κ1) is 13.9. The highest BCUT2D eigenvalue weighted by Gasteiger charge is 2.32. The van der Waals surface area contributed by atoms with E-state index in [0.717, 1.165) is 6.42 Å². The molecule has 2 heterocycles. The van der Waals surface area contributed by atoms with Crippen molar-refractivity contribution >= 4 is 0 Å². The van der Waals surface area contributed by atoms with E-state index in [1.165, 1.54) is 35.2 Å². The topological polar surface area (TPSA) is 25.8 Å². The quantitative estimate of drug-likeness (QED) is 0.785. The third-order valence-corrected chi connectivity index (χ3v) is 5.74. The van der Waals surface area contributed by atoms with Gasteiger partial charge in [-0.15, -0.1) is 0 Å². The minimum absolute atomic E-state index is 0.612. The molecule has 2 nitrogen and oxygen atoms in total. The maximum Gasteiger partial charge on any atom is 0.0469 e. The lowest BCUT2D eigenvalue weighted by molar-refractivity contribution is 0.608. The van der Waals surface area contributed by atoms with Gasteiger partial charge in [-0.05, 0) is 77.3 Å². The summed E-state index contributed by atoms with van der Waals surface area (Å²) < 4.78 is 0. The molecular formula is C20H24N2. The lowest BCUT2D eigenvalue weighted by Gasteiger charge is -2.16. The van der Waals surface area contributed by atoms with Crippen LogP contribution < -0.4 is 0 Å². The standard InChI is InChI=1S/C20H24N2/c1-12-9-16(18-11-21-6-5-17(12)18)10-15-4-7-22-20-14(3)8-13(2)19(15)20/h4-7,11-14,16H,8-10H2,1-3H3/t12-,13-,14+,16-/m1/s1. The molecule has 0 aromatic carbocycles. The highest BCUT2D eigenvalue weighted by atomic mass is 14.7. The maximum atomic E-state index is 4.67. The fourth-order valence-corrected chi connectivity index (χ4v) is 4.78. The number of pyridine rings is 2. The van der Waals surface area contributed by atoms with Gasteiger partial charge in [-0.25, -0.2) is 0 Å². The maximum absolute atomic E-state index is 4.67. The Bertz CT molecular complexity index is 707. The molecule has 0 aliphatic heterocycles. The van der Waals surface area contributed by atoms with Crippen molar-refractivity contribution < 1.29 is 0 Å². The van der Waals surface area contributed by atoms with Crippen LogP contribution in [-0.2, 0) is 6.42 Å². The van der Waals surface area contributed by atoms with Crippen molar-refractivity contribution in [2.45, 2.75) is 63.7 Å². The van der Waals surface area contributed by atoms with Gasteiger partial charge in [-0.2, -0.15) is 0 Å². The molecule has 0 bridgehead atoms. The number of rotatable bonds is 2. The highest BCUT2D eigenvalue weighted by molar-refractivity contribution is 5.42. The van der Waals surface area contributed by atoms with Gasteiger partial charge in [0.1, 0.15) is 0 Å². The lowest BCUT2D eigenvalue weighted by atomic mass is 9.89. The van der Waals surface area contributed by atoms with E-state index in [9.17, 15) is 0 Å². The van der Waals surface area contributed by atoms with E-state index in [0.29, 0.717) is 23.7 Å². The Morgan fingerprint density at radius 1 is 0.955 bits per heavy atom. The second-order valence-corrected chi connectivity index (χ2v) is 7.35. The summed E-state index contributed by atoms with van der Waals surface area (Å²) in [6.45, 7) is 7.02. The summed E-state index contributed by atoms with van der Waals surface area (Å²) in [6.07, 6.45) is 9.69. The molecule has 0 saturated carbocycles. The molecule has 4 rings (SSSR count). The SMILES string of the molecule is C[C@@H]1C[C@H](Cc2ccnc3c2[C@H](C)C[C@@H]3C)c2cnccc21. The van der Waals surface area contributed by atoms with Crippen LogP contribution in [0.1, 0.15) is 85.2 Å². The summed E-state index contributed by atoms with van der Waals surface area (Å²) in [4.78, 5) is 9.04. The van der Waals surface area contributed by atoms with Gasteiger partial charge in [0, 0.05) is 24.3 Å². The van der Waals surface area contributed by atoms with Crippen LogP contribution in [0.4, 0.5) is 0 Å². The van der Waals surface area contributed by atoms with Gasteiger partial charge in [-0.1, -0.05) is 20.8 Å². The summed E-state index contributed by atoms with van der Waals surface area (Å²) in [6, 6.07) is 4.47. The number of hydrogen-bond acceptors (Lipinski definition) is 2. The fourth-order valence-electron chi connectivity index (χ4n) is 4.78. The average molecular weight is 292 g/mol. The summed E-state index contributed by atoms with van der Waals surface area (Å²) >= 11 is 0. The van der Waals surface area contributed by atoms with Crippen molar-refractivity contribution in [1.82, 2.24) is 9.97 Å². The first-order valence-electron chi connectivity index (χ1n) is 8.56. The molecule has 0 N–H and O–H groups in total. The van der Waals surface area contributed by atoms with Crippen LogP contribution in [0.25, 0.3) is 0 Å². The molecule has 22 heavy (non-hydrogen) atoms. The number of nitrogens with zero attached hydrogens (tertiary/aromatic N) is 2. The normalized spacial score (nSPS) is 29.4. The second kappa shape index (κ2) is 5.19. The van der Waals surface area contributed by atoms with Gasteiger partial charge in [0.2, 0.25) is 0 Å². The number of hydrogen-bond donors (Lipinski definition) is 0. The van der Waals surface area contributed by atoms with Crippen LogP contribution in [0.3, 0.4) is 0 Å². The van der Waals surface area contributed by atoms with Gasteiger partial charge in [0.25, 0.3) is 0 Å². The third-order valence-electron chi connectivity index (χ3n) is 5.74. The van der Waals surface area contributed by atoms with Gasteiger partial charge in [0.05, 0.1) is 0 Å². The van der Waals surface area contributed by atoms with E-state index in [1.54, 1.807) is 5.56 Å². The summed E-state index contributed by atoms with van der Waals surface area (Å²) in [7, 11) is 0. The van der Waals surface area contributed by atoms with E-state index in [-0.39, 0.29) is 0 Å². The van der Waals surface area contributed by atoms with Crippen molar-refractivity contribution in [2.75, 3.05) is 0 Å². The van der Waals surface area contributed by atoms with Gasteiger partial charge in [0.15, 0.2) is 0 Å². The Morgan fingerprint density at radius 2 is 1.82 bits per heavy atom. The van der Waals surface area contributed by atoms with Crippen LogP contribution >= 0.6 is 0 Å². The zero-order valence-corrected chi connectivity index (χ0v) is 13.7. The fraction of sp³-hybridized carbons (Fsp3) is 0.500. The van der Waals surface area contributed by atoms with Gasteiger partial charge in [-0.3, -0.25) is 9.97 Å². The smallest absolute Gasteiger partial charge is 0.0469 e. The molecule has 2 aromatic heterocycles. The van der Waals surface area contributed by atoms with E-state index in [1.807, 2.05) is 12.4 Å². The Labute approximate surface area is 133 Å². The monoisotopic (exact) mass is 292 g/mol. The molecule has 0 spiro atoms. The molecule has 0 saturated heterocycles. The van der Waals surface area contributed by atoms with E-state index in [2.05, 4.69) is 49.1 Å². The van der Waals surface area contributed by atoms with Crippen molar-refractivity contribution in [3.05, 3.63) is 58.7 Å². The van der Waals surface area contributed by atoms with Crippen LogP contribution in [0, 0.1) is 0 Å². The van der Waals surface area contributed by atoms with Gasteiger partial charge < -0.3 is 0 Å². The van der Waals surface area contributed by atoms with Crippen LogP contribution in [-0.4, -0.2) is 9.97 Å². The molecular weight excluding hydrogens is 268 g/mol. The van der Waals surface area contributed by atoms with Crippen molar-refractivity contribution in [3.8, 4) is 0 Å². The Balaban J connectivity index is 1.69. The molecule has 0 radical (unpaired) electrons. The minimum atomic E-state index is 0.612. The molecule has 0 fully saturated rings. The van der Waals surface area contributed by atoms with E-state index in [4.69, 9.17) is 0 Å². The molecule has 2 aromatic rings. The first-order valence-corrected chi connectivity index (χ1v) is 8.56. The van der Waals surface area contributed by atoms with Crippen molar-refractivity contribution in [2.24, 2.45) is 0 Å². The number of aromatic nitrogens is 2. The molecule has 2 aliphatic rings. The minimum Gasteiger partial charge on any atom is -0.264 e. The van der Waals surface area contributed by atoms with Crippen LogP contribution in [0.15, 0.2) is 30.7 Å². The Morgan fingerprint density at radius 3 is 2.68 bits per heavy atom. The molecule has 0 amide bonds. The van der Waals surface area contributed by atoms with E-state index >= 15 is 0 Å². The van der Waals surface area contributed by atoms with Crippen molar-refractivity contribution in [3.63, 3.8) is 0 Å². The average Bonchev–Trinajstić information content (AvgIpc) is 2.99. The summed E-state index contributed by atoms with van der Waals surface area (Å²) in [5.74, 6) is 2.55. The molecule has 2 aliphatic carbocycles. The van der Waals surface area contributed by atoms with Gasteiger partial charge >= 0.3 is 0 Å². The zero-order chi connectivity index (χ0) is 15.3. The second-order valence-electron chi connectivity index (χ2n) is 7.35. The summed E-state index contributed by atoms with van der Waals surface area (Å²) in [5.41, 5.74) is 7.39. The molecule has 0 unspecified atom stereocenters. The predicted molar refractivity (Wildman–Crippen MR) is 89.4 cm³/mol. The third kappa shape index (κ3) is 2.08. The van der Waals surface area contributed by atoms with Crippen molar-refractivity contribution in [1.29, 1.82) is 0 Å². The van der Waals surface area contributed by atoms with Crippen LogP contribution in [0.5, 0.6) is 0 Å². The zero-order valence-electron chi connectivity index (χ0n) is 13.7.